The molecule has 0 radical (unpaired) electrons. The van der Waals surface area contributed by atoms with Crippen molar-refractivity contribution in [3.63, 3.8) is 0 Å². The normalized spacial score (nSPS) is 15.2. The van der Waals surface area contributed by atoms with E-state index in [9.17, 15) is 14.3 Å². The smallest absolute Gasteiger partial charge is 0.280 e. The zero-order chi connectivity index (χ0) is 16.4. The van der Waals surface area contributed by atoms with Crippen molar-refractivity contribution in [3.05, 3.63) is 41.6 Å². The molecule has 23 heavy (non-hydrogen) atoms. The minimum atomic E-state index is -0.772. The Morgan fingerprint density at radius 2 is 2.26 bits per heavy atom. The van der Waals surface area contributed by atoms with Gasteiger partial charge in [-0.1, -0.05) is 17.3 Å². The van der Waals surface area contributed by atoms with Crippen LogP contribution in [0, 0.1) is 5.92 Å². The number of phenolic OH excluding ortho intramolecular Hbond substituents is 1. The number of phenols is 1. The fraction of sp³-hybridized carbons (Fsp3) is 0.312. The molecule has 0 aliphatic heterocycles. The van der Waals surface area contributed by atoms with Crippen LogP contribution in [-0.4, -0.2) is 21.2 Å². The van der Waals surface area contributed by atoms with E-state index in [1.807, 2.05) is 0 Å². The number of nitrogens with one attached hydrogen (secondary N) is 1. The van der Waals surface area contributed by atoms with Gasteiger partial charge in [0.1, 0.15) is 5.75 Å². The van der Waals surface area contributed by atoms with Crippen LogP contribution in [-0.2, 0) is 11.3 Å². The summed E-state index contributed by atoms with van der Waals surface area (Å²) in [6.07, 6.45) is 1.87. The van der Waals surface area contributed by atoms with Gasteiger partial charge in [0, 0.05) is 5.56 Å². The molecule has 1 aromatic heterocycles. The molecule has 1 aromatic carbocycles. The number of allylic oxidation sites excluding steroid dienone is 1. The van der Waals surface area contributed by atoms with Gasteiger partial charge in [-0.05, 0) is 43.4 Å². The molecular formula is C16H16FN3O3. The molecule has 3 rings (SSSR count). The molecule has 1 heterocycles. The third-order valence-electron chi connectivity index (χ3n) is 3.71. The monoisotopic (exact) mass is 317 g/mol. The van der Waals surface area contributed by atoms with E-state index in [0.717, 1.165) is 12.8 Å². The van der Waals surface area contributed by atoms with E-state index in [1.165, 1.54) is 12.1 Å². The number of aromatic hydroxyl groups is 1. The lowest BCUT2D eigenvalue weighted by atomic mass is 10.1. The van der Waals surface area contributed by atoms with Gasteiger partial charge in [-0.25, -0.2) is 4.39 Å². The Morgan fingerprint density at radius 1 is 1.48 bits per heavy atom. The topological polar surface area (TPSA) is 88.2 Å². The van der Waals surface area contributed by atoms with Gasteiger partial charge < -0.3 is 14.9 Å². The fourth-order valence-electron chi connectivity index (χ4n) is 2.20. The fourth-order valence-corrected chi connectivity index (χ4v) is 2.20. The summed E-state index contributed by atoms with van der Waals surface area (Å²) in [7, 11) is 0. The van der Waals surface area contributed by atoms with Crippen LogP contribution in [0.2, 0.25) is 0 Å². The maximum atomic E-state index is 13.9. The van der Waals surface area contributed by atoms with Gasteiger partial charge in [0.05, 0.1) is 6.54 Å². The molecular weight excluding hydrogens is 301 g/mol. The molecule has 7 heteroatoms. The van der Waals surface area contributed by atoms with Crippen molar-refractivity contribution in [2.45, 2.75) is 26.3 Å². The van der Waals surface area contributed by atoms with E-state index in [-0.39, 0.29) is 29.9 Å². The summed E-state index contributed by atoms with van der Waals surface area (Å²) < 4.78 is 18.9. The van der Waals surface area contributed by atoms with Crippen LogP contribution in [0.5, 0.6) is 5.75 Å². The quantitative estimate of drug-likeness (QED) is 0.828. The van der Waals surface area contributed by atoms with E-state index in [4.69, 9.17) is 4.52 Å². The van der Waals surface area contributed by atoms with Crippen LogP contribution in [0.15, 0.2) is 40.2 Å². The van der Waals surface area contributed by atoms with Gasteiger partial charge in [-0.2, -0.15) is 4.98 Å². The SMILES string of the molecule is C/C(=C(/F)C(=O)NCc1nc(-c2cccc(O)c2)no1)C1CC1. The van der Waals surface area contributed by atoms with Gasteiger partial charge in [-0.15, -0.1) is 0 Å². The second kappa shape index (κ2) is 6.20. The van der Waals surface area contributed by atoms with Crippen LogP contribution < -0.4 is 5.32 Å². The number of carbonyl (C=O) groups excluding carboxylic acids is 1. The van der Waals surface area contributed by atoms with E-state index in [2.05, 4.69) is 15.5 Å². The Hall–Kier alpha value is -2.70. The minimum Gasteiger partial charge on any atom is -0.508 e. The molecule has 1 fully saturated rings. The van der Waals surface area contributed by atoms with E-state index in [1.54, 1.807) is 19.1 Å². The summed E-state index contributed by atoms with van der Waals surface area (Å²) in [4.78, 5) is 15.8. The number of aromatic nitrogens is 2. The minimum absolute atomic E-state index is 0.0595. The molecule has 1 saturated carbocycles. The molecule has 2 N–H and O–H groups in total. The first-order valence-electron chi connectivity index (χ1n) is 7.31. The number of amides is 1. The largest absolute Gasteiger partial charge is 0.508 e. The first-order valence-corrected chi connectivity index (χ1v) is 7.31. The lowest BCUT2D eigenvalue weighted by molar-refractivity contribution is -0.119. The van der Waals surface area contributed by atoms with Crippen LogP contribution in [0.3, 0.4) is 0 Å². The zero-order valence-electron chi connectivity index (χ0n) is 12.5. The summed E-state index contributed by atoms with van der Waals surface area (Å²) in [5, 5.41) is 15.6. The molecule has 1 amide bonds. The number of benzene rings is 1. The molecule has 120 valence electrons. The van der Waals surface area contributed by atoms with Gasteiger partial charge in [-0.3, -0.25) is 4.79 Å². The van der Waals surface area contributed by atoms with Gasteiger partial charge in [0.2, 0.25) is 11.7 Å². The Morgan fingerprint density at radius 3 is 2.96 bits per heavy atom. The standard InChI is InChI=1S/C16H16FN3O3/c1-9(10-5-6-10)14(17)16(22)18-8-13-19-15(20-23-13)11-3-2-4-12(21)7-11/h2-4,7,10,21H,5-6,8H2,1H3,(H,18,22)/b14-9-. The number of rotatable bonds is 5. The number of carbonyl (C=O) groups is 1. The Labute approximate surface area is 132 Å². The summed E-state index contributed by atoms with van der Waals surface area (Å²) in [6, 6.07) is 6.40. The van der Waals surface area contributed by atoms with Crippen LogP contribution in [0.1, 0.15) is 25.7 Å². The second-order valence-corrected chi connectivity index (χ2v) is 5.52. The number of hydrogen-bond acceptors (Lipinski definition) is 5. The number of halogens is 1. The van der Waals surface area contributed by atoms with Crippen LogP contribution in [0.25, 0.3) is 11.4 Å². The molecule has 0 saturated heterocycles. The molecule has 0 unspecified atom stereocenters. The summed E-state index contributed by atoms with van der Waals surface area (Å²) >= 11 is 0. The van der Waals surface area contributed by atoms with Crippen molar-refractivity contribution in [2.75, 3.05) is 0 Å². The molecule has 6 nitrogen and oxygen atoms in total. The van der Waals surface area contributed by atoms with Gasteiger partial charge in [0.25, 0.3) is 5.91 Å². The number of hydrogen-bond donors (Lipinski definition) is 2. The maximum absolute atomic E-state index is 13.9. The molecule has 0 spiro atoms. The molecule has 2 aromatic rings. The average Bonchev–Trinajstić information content (AvgIpc) is 3.29. The summed E-state index contributed by atoms with van der Waals surface area (Å²) in [6.45, 7) is 1.58. The van der Waals surface area contributed by atoms with Crippen molar-refractivity contribution in [1.82, 2.24) is 15.5 Å². The van der Waals surface area contributed by atoms with Crippen LogP contribution in [0.4, 0.5) is 4.39 Å². The van der Waals surface area contributed by atoms with Crippen LogP contribution >= 0.6 is 0 Å². The molecule has 1 aliphatic carbocycles. The van der Waals surface area contributed by atoms with Crippen molar-refractivity contribution in [3.8, 4) is 17.1 Å². The predicted molar refractivity (Wildman–Crippen MR) is 79.8 cm³/mol. The van der Waals surface area contributed by atoms with Crippen molar-refractivity contribution in [2.24, 2.45) is 5.92 Å². The summed E-state index contributed by atoms with van der Waals surface area (Å²) in [5.74, 6) is -0.776. The third kappa shape index (κ3) is 3.56. The Kier molecular flexibility index (Phi) is 4.10. The maximum Gasteiger partial charge on any atom is 0.280 e. The molecule has 0 atom stereocenters. The van der Waals surface area contributed by atoms with Gasteiger partial charge >= 0.3 is 0 Å². The Bertz CT molecular complexity index is 765. The van der Waals surface area contributed by atoms with Gasteiger partial charge in [0.15, 0.2) is 5.83 Å². The highest BCUT2D eigenvalue weighted by Crippen LogP contribution is 2.37. The average molecular weight is 317 g/mol. The van der Waals surface area contributed by atoms with Crippen molar-refractivity contribution >= 4 is 5.91 Å². The highest BCUT2D eigenvalue weighted by atomic mass is 19.1. The van der Waals surface area contributed by atoms with E-state index < -0.39 is 11.7 Å². The summed E-state index contributed by atoms with van der Waals surface area (Å²) in [5.41, 5.74) is 1.08. The predicted octanol–water partition coefficient (Wildman–Crippen LogP) is 2.71. The molecule has 0 bridgehead atoms. The lowest BCUT2D eigenvalue weighted by Gasteiger charge is -2.03. The first-order chi connectivity index (χ1) is 11.0. The Balaban J connectivity index is 1.63. The van der Waals surface area contributed by atoms with E-state index >= 15 is 0 Å². The van der Waals surface area contributed by atoms with E-state index in [0.29, 0.717) is 11.1 Å². The first kappa shape index (κ1) is 15.2. The van der Waals surface area contributed by atoms with Crippen molar-refractivity contribution < 1.29 is 18.8 Å². The lowest BCUT2D eigenvalue weighted by Crippen LogP contribution is -2.24. The zero-order valence-corrected chi connectivity index (χ0v) is 12.5. The highest BCUT2D eigenvalue weighted by molar-refractivity contribution is 5.91. The third-order valence-corrected chi connectivity index (χ3v) is 3.71. The number of nitrogens with zero attached hydrogens (tertiary/aromatic N) is 2. The van der Waals surface area contributed by atoms with Crippen molar-refractivity contribution in [1.29, 1.82) is 0 Å². The molecule has 1 aliphatic rings. The second-order valence-electron chi connectivity index (χ2n) is 5.52. The highest BCUT2D eigenvalue weighted by Gasteiger charge is 2.28.